The summed E-state index contributed by atoms with van der Waals surface area (Å²) in [5, 5.41) is 5.97. The second-order valence-electron chi connectivity index (χ2n) is 4.70. The molecule has 2 aromatic rings. The lowest BCUT2D eigenvalue weighted by Gasteiger charge is -2.10. The van der Waals surface area contributed by atoms with Crippen molar-refractivity contribution in [3.8, 4) is 0 Å². The molecule has 0 saturated heterocycles. The van der Waals surface area contributed by atoms with Crippen LogP contribution in [0.5, 0.6) is 0 Å². The van der Waals surface area contributed by atoms with Gasteiger partial charge in [-0.3, -0.25) is 4.79 Å². The molecule has 0 aromatic heterocycles. The maximum absolute atomic E-state index is 12.3. The molecule has 0 aliphatic rings. The number of carbonyl (C=O) groups is 1. The summed E-state index contributed by atoms with van der Waals surface area (Å²) in [6, 6.07) is 11.5. The Labute approximate surface area is 127 Å². The van der Waals surface area contributed by atoms with Crippen molar-refractivity contribution in [3.63, 3.8) is 0 Å². The molecule has 0 radical (unpaired) electrons. The van der Waals surface area contributed by atoms with E-state index in [0.29, 0.717) is 5.56 Å². The van der Waals surface area contributed by atoms with Crippen molar-refractivity contribution in [2.24, 2.45) is 0 Å². The first kappa shape index (κ1) is 14.6. The molecule has 0 unspecified atom stereocenters. The van der Waals surface area contributed by atoms with Crippen molar-refractivity contribution in [2.45, 2.75) is 13.8 Å². The lowest BCUT2D eigenvalue weighted by Crippen LogP contribution is -2.13. The molecular weight excluding hydrogens is 316 g/mol. The monoisotopic (exact) mass is 332 g/mol. The maximum atomic E-state index is 12.3. The average molecular weight is 333 g/mol. The van der Waals surface area contributed by atoms with Crippen LogP contribution in [0, 0.1) is 13.8 Å². The van der Waals surface area contributed by atoms with E-state index in [-0.39, 0.29) is 5.91 Å². The lowest BCUT2D eigenvalue weighted by atomic mass is 10.1. The van der Waals surface area contributed by atoms with Crippen LogP contribution in [0.4, 0.5) is 11.4 Å². The second kappa shape index (κ2) is 6.09. The summed E-state index contributed by atoms with van der Waals surface area (Å²) in [7, 11) is 1.86. The van der Waals surface area contributed by atoms with Gasteiger partial charge in [0, 0.05) is 28.5 Å². The Balaban J connectivity index is 2.21. The van der Waals surface area contributed by atoms with E-state index in [1.54, 1.807) is 0 Å². The molecule has 0 aliphatic carbocycles. The van der Waals surface area contributed by atoms with Gasteiger partial charge in [-0.05, 0) is 55.3 Å². The van der Waals surface area contributed by atoms with Gasteiger partial charge in [0.2, 0.25) is 0 Å². The molecule has 2 aromatic carbocycles. The highest BCUT2D eigenvalue weighted by Gasteiger charge is 2.10. The summed E-state index contributed by atoms with van der Waals surface area (Å²) in [5.74, 6) is -0.0964. The summed E-state index contributed by atoms with van der Waals surface area (Å²) in [5.41, 5.74) is 4.54. The first-order valence-corrected chi connectivity index (χ1v) is 7.16. The Morgan fingerprint density at radius 3 is 2.30 bits per heavy atom. The molecule has 3 nitrogen and oxygen atoms in total. The van der Waals surface area contributed by atoms with Gasteiger partial charge in [0.05, 0.1) is 0 Å². The van der Waals surface area contributed by atoms with Crippen molar-refractivity contribution in [2.75, 3.05) is 17.7 Å². The molecule has 0 spiro atoms. The minimum Gasteiger partial charge on any atom is -0.388 e. The van der Waals surface area contributed by atoms with E-state index in [4.69, 9.17) is 0 Å². The summed E-state index contributed by atoms with van der Waals surface area (Å²) >= 11 is 3.47. The van der Waals surface area contributed by atoms with E-state index in [1.165, 1.54) is 0 Å². The quantitative estimate of drug-likeness (QED) is 0.876. The average Bonchev–Trinajstić information content (AvgIpc) is 2.42. The van der Waals surface area contributed by atoms with Gasteiger partial charge in [-0.2, -0.15) is 0 Å². The van der Waals surface area contributed by atoms with Gasteiger partial charge in [0.25, 0.3) is 5.91 Å². The third kappa shape index (κ3) is 3.20. The predicted octanol–water partition coefficient (Wildman–Crippen LogP) is 4.36. The summed E-state index contributed by atoms with van der Waals surface area (Å²) < 4.78 is 0.984. The van der Waals surface area contributed by atoms with Gasteiger partial charge < -0.3 is 10.6 Å². The number of halogens is 1. The number of rotatable bonds is 3. The molecule has 0 bridgehead atoms. The fourth-order valence-electron chi connectivity index (χ4n) is 1.94. The highest BCUT2D eigenvalue weighted by atomic mass is 79.9. The maximum Gasteiger partial charge on any atom is 0.255 e. The molecule has 104 valence electrons. The first-order valence-electron chi connectivity index (χ1n) is 6.37. The van der Waals surface area contributed by atoms with Gasteiger partial charge in [0.15, 0.2) is 0 Å². The molecule has 1 amide bonds. The minimum absolute atomic E-state index is 0.0964. The van der Waals surface area contributed by atoms with Crippen LogP contribution in [0.2, 0.25) is 0 Å². The van der Waals surface area contributed by atoms with Crippen molar-refractivity contribution in [3.05, 3.63) is 57.6 Å². The van der Waals surface area contributed by atoms with E-state index in [1.807, 2.05) is 57.3 Å². The van der Waals surface area contributed by atoms with E-state index in [0.717, 1.165) is 27.0 Å². The molecule has 0 aliphatic heterocycles. The van der Waals surface area contributed by atoms with Gasteiger partial charge in [-0.1, -0.05) is 22.0 Å². The fraction of sp³-hybridized carbons (Fsp3) is 0.188. The zero-order valence-corrected chi connectivity index (χ0v) is 13.3. The zero-order valence-electron chi connectivity index (χ0n) is 11.8. The highest BCUT2D eigenvalue weighted by molar-refractivity contribution is 9.10. The second-order valence-corrected chi connectivity index (χ2v) is 5.55. The fourth-order valence-corrected chi connectivity index (χ4v) is 2.32. The van der Waals surface area contributed by atoms with Crippen molar-refractivity contribution in [1.82, 2.24) is 0 Å². The highest BCUT2D eigenvalue weighted by Crippen LogP contribution is 2.22. The molecule has 0 heterocycles. The van der Waals surface area contributed by atoms with Gasteiger partial charge in [-0.15, -0.1) is 0 Å². The smallest absolute Gasteiger partial charge is 0.255 e. The SMILES string of the molecule is CNc1ccc(C(=O)Nc2ccc(C)c(Br)c2)c(C)c1. The number of aryl methyl sites for hydroxylation is 2. The van der Waals surface area contributed by atoms with Crippen LogP contribution in [0.1, 0.15) is 21.5 Å². The van der Waals surface area contributed by atoms with Gasteiger partial charge in [0.1, 0.15) is 0 Å². The van der Waals surface area contributed by atoms with E-state index in [9.17, 15) is 4.79 Å². The van der Waals surface area contributed by atoms with E-state index < -0.39 is 0 Å². The van der Waals surface area contributed by atoms with Crippen molar-refractivity contribution < 1.29 is 4.79 Å². The Morgan fingerprint density at radius 2 is 1.70 bits per heavy atom. The molecule has 4 heteroatoms. The topological polar surface area (TPSA) is 41.1 Å². The van der Waals surface area contributed by atoms with E-state index >= 15 is 0 Å². The van der Waals surface area contributed by atoms with Crippen molar-refractivity contribution >= 4 is 33.2 Å². The van der Waals surface area contributed by atoms with Crippen LogP contribution in [0.15, 0.2) is 40.9 Å². The molecule has 0 atom stereocenters. The number of benzene rings is 2. The number of nitrogens with one attached hydrogen (secondary N) is 2. The lowest BCUT2D eigenvalue weighted by molar-refractivity contribution is 0.102. The van der Waals surface area contributed by atoms with Crippen LogP contribution in [0.25, 0.3) is 0 Å². The van der Waals surface area contributed by atoms with E-state index in [2.05, 4.69) is 26.6 Å². The molecule has 0 fully saturated rings. The zero-order chi connectivity index (χ0) is 14.7. The minimum atomic E-state index is -0.0964. The van der Waals surface area contributed by atoms with Crippen LogP contribution < -0.4 is 10.6 Å². The third-order valence-corrected chi connectivity index (χ3v) is 4.04. The first-order chi connectivity index (χ1) is 9.51. The Morgan fingerprint density at radius 1 is 1.00 bits per heavy atom. The Kier molecular flexibility index (Phi) is 4.45. The largest absolute Gasteiger partial charge is 0.388 e. The number of hydrogen-bond acceptors (Lipinski definition) is 2. The van der Waals surface area contributed by atoms with Crippen LogP contribution in [0.3, 0.4) is 0 Å². The number of amides is 1. The van der Waals surface area contributed by atoms with Crippen molar-refractivity contribution in [1.29, 1.82) is 0 Å². The molecule has 2 N–H and O–H groups in total. The normalized spacial score (nSPS) is 10.2. The van der Waals surface area contributed by atoms with Crippen LogP contribution >= 0.6 is 15.9 Å². The van der Waals surface area contributed by atoms with Gasteiger partial charge >= 0.3 is 0 Å². The third-order valence-electron chi connectivity index (χ3n) is 3.19. The van der Waals surface area contributed by atoms with Gasteiger partial charge in [-0.25, -0.2) is 0 Å². The summed E-state index contributed by atoms with van der Waals surface area (Å²) in [4.78, 5) is 12.3. The van der Waals surface area contributed by atoms with Crippen LogP contribution in [-0.2, 0) is 0 Å². The summed E-state index contributed by atoms with van der Waals surface area (Å²) in [6.07, 6.45) is 0. The standard InChI is InChI=1S/C16H17BrN2O/c1-10-4-5-13(9-15(10)17)19-16(20)14-7-6-12(18-3)8-11(14)2/h4-9,18H,1-3H3,(H,19,20). The number of hydrogen-bond donors (Lipinski definition) is 2. The van der Waals surface area contributed by atoms with Crippen LogP contribution in [-0.4, -0.2) is 13.0 Å². The summed E-state index contributed by atoms with van der Waals surface area (Å²) in [6.45, 7) is 3.94. The number of anilines is 2. The molecule has 0 saturated carbocycles. The molecule has 20 heavy (non-hydrogen) atoms. The predicted molar refractivity (Wildman–Crippen MR) is 87.6 cm³/mol. The molecule has 2 rings (SSSR count). The molecular formula is C16H17BrN2O. The number of carbonyl (C=O) groups excluding carboxylic acids is 1. The Hall–Kier alpha value is -1.81. The Bertz CT molecular complexity index is 653.